The Hall–Kier alpha value is -3.50. The van der Waals surface area contributed by atoms with Crippen molar-refractivity contribution in [3.8, 4) is 11.4 Å². The Labute approximate surface area is 205 Å². The molecule has 10 heteroatoms. The van der Waals surface area contributed by atoms with Gasteiger partial charge < -0.3 is 14.7 Å². The van der Waals surface area contributed by atoms with Gasteiger partial charge in [0, 0.05) is 50.3 Å². The number of aromatic nitrogens is 2. The van der Waals surface area contributed by atoms with E-state index in [1.807, 2.05) is 30.3 Å². The Morgan fingerprint density at radius 1 is 0.886 bits per heavy atom. The molecule has 2 aliphatic heterocycles. The van der Waals surface area contributed by atoms with Gasteiger partial charge in [0.2, 0.25) is 0 Å². The molecule has 3 aromatic rings. The molecule has 182 valence electrons. The smallest absolute Gasteiger partial charge is 0.331 e. The van der Waals surface area contributed by atoms with E-state index in [1.54, 1.807) is 18.2 Å². The molecule has 0 spiro atoms. The van der Waals surface area contributed by atoms with E-state index in [1.165, 1.54) is 17.0 Å². The van der Waals surface area contributed by atoms with Gasteiger partial charge in [0.15, 0.2) is 5.82 Å². The predicted octanol–water partition coefficient (Wildman–Crippen LogP) is 2.35. The highest BCUT2D eigenvalue weighted by molar-refractivity contribution is 7.90. The van der Waals surface area contributed by atoms with Crippen molar-refractivity contribution in [2.45, 2.75) is 17.9 Å². The van der Waals surface area contributed by atoms with Gasteiger partial charge in [-0.2, -0.15) is 0 Å². The minimum Gasteiger partial charge on any atom is -0.354 e. The van der Waals surface area contributed by atoms with E-state index in [0.29, 0.717) is 18.8 Å². The molecule has 1 aromatic heterocycles. The monoisotopic (exact) mass is 492 g/mol. The standard InChI is InChI=1S/C25H28N6O3S/c1-29-14-16-30(17-15-29)24-21-18-31(25(32)28-35(33,34)20-10-6-3-7-11-20)13-12-22(21)26-23(27-24)19-8-4-2-5-9-19/h2-11H,12-18H2,1H3,(H,28,32). The van der Waals surface area contributed by atoms with Gasteiger partial charge in [-0.15, -0.1) is 0 Å². The predicted molar refractivity (Wildman–Crippen MR) is 133 cm³/mol. The molecule has 0 bridgehead atoms. The van der Waals surface area contributed by atoms with E-state index < -0.39 is 16.1 Å². The molecule has 2 aliphatic rings. The Morgan fingerprint density at radius 2 is 1.54 bits per heavy atom. The van der Waals surface area contributed by atoms with Crippen LogP contribution in [0.15, 0.2) is 65.6 Å². The third kappa shape index (κ3) is 4.98. The van der Waals surface area contributed by atoms with Gasteiger partial charge in [-0.25, -0.2) is 27.9 Å². The van der Waals surface area contributed by atoms with E-state index in [0.717, 1.165) is 48.8 Å². The van der Waals surface area contributed by atoms with Crippen molar-refractivity contribution >= 4 is 21.9 Å². The van der Waals surface area contributed by atoms with Gasteiger partial charge in [0.05, 0.1) is 17.1 Å². The fraction of sp³-hybridized carbons (Fsp3) is 0.320. The number of likely N-dealkylation sites (N-methyl/N-ethyl adjacent to an activating group) is 1. The molecule has 1 fully saturated rings. The number of hydrogen-bond acceptors (Lipinski definition) is 7. The number of rotatable bonds is 4. The lowest BCUT2D eigenvalue weighted by Gasteiger charge is -2.37. The maximum absolute atomic E-state index is 13.0. The van der Waals surface area contributed by atoms with Gasteiger partial charge in [0.1, 0.15) is 5.82 Å². The van der Waals surface area contributed by atoms with Crippen LogP contribution in [0.4, 0.5) is 10.6 Å². The number of urea groups is 1. The maximum Gasteiger partial charge on any atom is 0.331 e. The van der Waals surface area contributed by atoms with Crippen LogP contribution in [0.5, 0.6) is 0 Å². The second-order valence-electron chi connectivity index (χ2n) is 8.85. The number of fused-ring (bicyclic) bond motifs is 1. The molecule has 0 atom stereocenters. The number of amides is 2. The van der Waals surface area contributed by atoms with Gasteiger partial charge in [-0.05, 0) is 19.2 Å². The Bertz CT molecular complexity index is 1310. The van der Waals surface area contributed by atoms with Crippen molar-refractivity contribution in [1.82, 2.24) is 24.5 Å². The first kappa shape index (κ1) is 23.3. The molecule has 3 heterocycles. The number of nitrogens with zero attached hydrogens (tertiary/aromatic N) is 5. The zero-order chi connectivity index (χ0) is 24.4. The number of carbonyl (C=O) groups is 1. The molecule has 5 rings (SSSR count). The van der Waals surface area contributed by atoms with E-state index in [4.69, 9.17) is 9.97 Å². The van der Waals surface area contributed by atoms with E-state index >= 15 is 0 Å². The van der Waals surface area contributed by atoms with Crippen LogP contribution >= 0.6 is 0 Å². The number of sulfonamides is 1. The highest BCUT2D eigenvalue weighted by Gasteiger charge is 2.30. The number of carbonyl (C=O) groups excluding carboxylic acids is 1. The van der Waals surface area contributed by atoms with Crippen LogP contribution in [-0.4, -0.2) is 74.0 Å². The second kappa shape index (κ2) is 9.63. The normalized spacial score (nSPS) is 16.6. The first-order chi connectivity index (χ1) is 16.9. The summed E-state index contributed by atoms with van der Waals surface area (Å²) in [4.78, 5) is 28.9. The Balaban J connectivity index is 1.44. The van der Waals surface area contributed by atoms with Crippen LogP contribution in [0.25, 0.3) is 11.4 Å². The SMILES string of the molecule is CN1CCN(c2nc(-c3ccccc3)nc3c2CN(C(=O)NS(=O)(=O)c2ccccc2)CC3)CC1. The molecule has 2 aromatic carbocycles. The van der Waals surface area contributed by atoms with Crippen molar-refractivity contribution in [2.75, 3.05) is 44.7 Å². The summed E-state index contributed by atoms with van der Waals surface area (Å²) >= 11 is 0. The summed E-state index contributed by atoms with van der Waals surface area (Å²) in [5.41, 5.74) is 2.73. The average Bonchev–Trinajstić information content (AvgIpc) is 2.89. The summed E-state index contributed by atoms with van der Waals surface area (Å²) in [5.74, 6) is 1.49. The van der Waals surface area contributed by atoms with Gasteiger partial charge in [-0.3, -0.25) is 0 Å². The summed E-state index contributed by atoms with van der Waals surface area (Å²) < 4.78 is 27.6. The first-order valence-corrected chi connectivity index (χ1v) is 13.1. The number of hydrogen-bond donors (Lipinski definition) is 1. The van der Waals surface area contributed by atoms with Crippen molar-refractivity contribution in [3.05, 3.63) is 71.9 Å². The molecule has 2 amide bonds. The lowest BCUT2D eigenvalue weighted by Crippen LogP contribution is -2.47. The maximum atomic E-state index is 13.0. The summed E-state index contributed by atoms with van der Waals surface area (Å²) in [7, 11) is -1.86. The number of nitrogens with one attached hydrogen (secondary N) is 1. The van der Waals surface area contributed by atoms with Gasteiger partial charge >= 0.3 is 6.03 Å². The van der Waals surface area contributed by atoms with Crippen LogP contribution in [-0.2, 0) is 23.0 Å². The zero-order valence-corrected chi connectivity index (χ0v) is 20.4. The van der Waals surface area contributed by atoms with Crippen LogP contribution in [0.2, 0.25) is 0 Å². The highest BCUT2D eigenvalue weighted by Crippen LogP contribution is 2.30. The van der Waals surface area contributed by atoms with Crippen LogP contribution in [0.1, 0.15) is 11.3 Å². The molecule has 0 saturated carbocycles. The fourth-order valence-corrected chi connectivity index (χ4v) is 5.40. The summed E-state index contributed by atoms with van der Waals surface area (Å²) in [6.45, 7) is 4.10. The molecule has 35 heavy (non-hydrogen) atoms. The third-order valence-electron chi connectivity index (χ3n) is 6.44. The van der Waals surface area contributed by atoms with E-state index in [2.05, 4.69) is 21.6 Å². The van der Waals surface area contributed by atoms with Crippen molar-refractivity contribution in [2.24, 2.45) is 0 Å². The Kier molecular flexibility index (Phi) is 6.40. The van der Waals surface area contributed by atoms with Crippen LogP contribution in [0, 0.1) is 0 Å². The molecule has 0 aliphatic carbocycles. The topological polar surface area (TPSA) is 98.7 Å². The molecule has 1 N–H and O–H groups in total. The third-order valence-corrected chi connectivity index (χ3v) is 7.77. The van der Waals surface area contributed by atoms with Crippen molar-refractivity contribution in [1.29, 1.82) is 0 Å². The molecule has 0 radical (unpaired) electrons. The van der Waals surface area contributed by atoms with Crippen molar-refractivity contribution in [3.63, 3.8) is 0 Å². The number of piperazine rings is 1. The van der Waals surface area contributed by atoms with Gasteiger partial charge in [0.25, 0.3) is 10.0 Å². The summed E-state index contributed by atoms with van der Waals surface area (Å²) in [6, 6.07) is 17.1. The van der Waals surface area contributed by atoms with Crippen LogP contribution in [0.3, 0.4) is 0 Å². The first-order valence-electron chi connectivity index (χ1n) is 11.7. The molecule has 9 nitrogen and oxygen atoms in total. The lowest BCUT2D eigenvalue weighted by atomic mass is 10.0. The largest absolute Gasteiger partial charge is 0.354 e. The molecule has 0 unspecified atom stereocenters. The minimum atomic E-state index is -3.95. The van der Waals surface area contributed by atoms with E-state index in [-0.39, 0.29) is 11.4 Å². The Morgan fingerprint density at radius 3 is 2.23 bits per heavy atom. The van der Waals surface area contributed by atoms with Gasteiger partial charge in [-0.1, -0.05) is 48.5 Å². The average molecular weight is 493 g/mol. The number of benzene rings is 2. The minimum absolute atomic E-state index is 0.0553. The summed E-state index contributed by atoms with van der Waals surface area (Å²) in [5, 5.41) is 0. The lowest BCUT2D eigenvalue weighted by molar-refractivity contribution is 0.197. The molecular weight excluding hydrogens is 464 g/mol. The van der Waals surface area contributed by atoms with E-state index in [9.17, 15) is 13.2 Å². The summed E-state index contributed by atoms with van der Waals surface area (Å²) in [6.07, 6.45) is 0.525. The second-order valence-corrected chi connectivity index (χ2v) is 10.5. The molecular formula is C25H28N6O3S. The van der Waals surface area contributed by atoms with Crippen LogP contribution < -0.4 is 9.62 Å². The fourth-order valence-electron chi connectivity index (χ4n) is 4.40. The quantitative estimate of drug-likeness (QED) is 0.597. The highest BCUT2D eigenvalue weighted by atomic mass is 32.2. The van der Waals surface area contributed by atoms with Crippen molar-refractivity contribution < 1.29 is 13.2 Å². The molecule has 1 saturated heterocycles. The zero-order valence-electron chi connectivity index (χ0n) is 19.6. The number of anilines is 1.